The molecular formula is C7H5ClN2S. The maximum Gasteiger partial charge on any atom is 0.223 e. The van der Waals surface area contributed by atoms with E-state index >= 15 is 0 Å². The first-order chi connectivity index (χ1) is 5.25. The molecule has 0 atom stereocenters. The number of halogens is 1. The van der Waals surface area contributed by atoms with E-state index in [0.717, 1.165) is 10.2 Å². The minimum atomic E-state index is 0.319. The second-order valence-corrected chi connectivity index (χ2v) is 3.83. The summed E-state index contributed by atoms with van der Waals surface area (Å²) >= 11 is 7.24. The first-order valence-corrected chi connectivity index (χ1v) is 4.34. The van der Waals surface area contributed by atoms with E-state index in [-0.39, 0.29) is 0 Å². The first-order valence-electron chi connectivity index (χ1n) is 3.14. The van der Waals surface area contributed by atoms with Gasteiger partial charge in [-0.25, -0.2) is 9.97 Å². The van der Waals surface area contributed by atoms with Gasteiger partial charge in [0.05, 0.1) is 0 Å². The van der Waals surface area contributed by atoms with Crippen LogP contribution in [0.5, 0.6) is 0 Å². The van der Waals surface area contributed by atoms with Gasteiger partial charge in [-0.05, 0) is 24.6 Å². The van der Waals surface area contributed by atoms with Crippen LogP contribution in [-0.2, 0) is 0 Å². The summed E-state index contributed by atoms with van der Waals surface area (Å²) in [6, 6.07) is 2.05. The average Bonchev–Trinajstić information content (AvgIpc) is 2.27. The summed E-state index contributed by atoms with van der Waals surface area (Å²) in [5, 5.41) is 1.39. The van der Waals surface area contributed by atoms with Gasteiger partial charge in [0.25, 0.3) is 0 Å². The number of fused-ring (bicyclic) bond motifs is 1. The molecule has 11 heavy (non-hydrogen) atoms. The Hall–Kier alpha value is -0.670. The molecule has 0 saturated heterocycles. The topological polar surface area (TPSA) is 25.8 Å². The largest absolute Gasteiger partial charge is 0.226 e. The molecular weight excluding hydrogens is 180 g/mol. The molecule has 0 aromatic carbocycles. The van der Waals surface area contributed by atoms with Crippen LogP contribution in [0.3, 0.4) is 0 Å². The van der Waals surface area contributed by atoms with Crippen molar-refractivity contribution in [3.05, 3.63) is 22.4 Å². The quantitative estimate of drug-likeness (QED) is 0.589. The van der Waals surface area contributed by atoms with E-state index in [1.807, 2.05) is 6.92 Å². The first kappa shape index (κ1) is 7.00. The smallest absolute Gasteiger partial charge is 0.223 e. The van der Waals surface area contributed by atoms with Crippen molar-refractivity contribution in [2.24, 2.45) is 0 Å². The number of nitrogens with zero attached hydrogens (tertiary/aromatic N) is 2. The summed E-state index contributed by atoms with van der Waals surface area (Å²) < 4.78 is 0. The molecule has 0 saturated carbocycles. The number of hydrogen-bond donors (Lipinski definition) is 0. The lowest BCUT2D eigenvalue weighted by Gasteiger charge is -1.86. The third-order valence-corrected chi connectivity index (χ3v) is 2.51. The standard InChI is InChI=1S/C7H5ClN2S/c1-4-2-5-3-9-7(8)10-6(5)11-4/h2-3H,1H3. The van der Waals surface area contributed by atoms with Gasteiger partial charge in [0.1, 0.15) is 4.83 Å². The Morgan fingerprint density at radius 3 is 3.18 bits per heavy atom. The van der Waals surface area contributed by atoms with Gasteiger partial charge in [-0.1, -0.05) is 0 Å². The summed E-state index contributed by atoms with van der Waals surface area (Å²) in [6.45, 7) is 2.04. The summed E-state index contributed by atoms with van der Waals surface area (Å²) in [5.41, 5.74) is 0. The zero-order chi connectivity index (χ0) is 7.84. The third-order valence-electron chi connectivity index (χ3n) is 1.37. The van der Waals surface area contributed by atoms with Crippen molar-refractivity contribution in [2.45, 2.75) is 6.92 Å². The van der Waals surface area contributed by atoms with E-state index in [1.54, 1.807) is 17.5 Å². The molecule has 56 valence electrons. The molecule has 2 nitrogen and oxygen atoms in total. The molecule has 0 bridgehead atoms. The molecule has 0 unspecified atom stereocenters. The van der Waals surface area contributed by atoms with Crippen molar-refractivity contribution in [1.82, 2.24) is 9.97 Å². The highest BCUT2D eigenvalue weighted by Crippen LogP contribution is 2.22. The Morgan fingerprint density at radius 2 is 2.36 bits per heavy atom. The summed E-state index contributed by atoms with van der Waals surface area (Å²) in [5.74, 6) is 0. The zero-order valence-corrected chi connectivity index (χ0v) is 7.41. The van der Waals surface area contributed by atoms with Crippen LogP contribution in [0.1, 0.15) is 4.88 Å². The van der Waals surface area contributed by atoms with Gasteiger partial charge in [-0.15, -0.1) is 11.3 Å². The van der Waals surface area contributed by atoms with Gasteiger partial charge in [-0.2, -0.15) is 0 Å². The third kappa shape index (κ3) is 1.21. The maximum atomic E-state index is 5.61. The molecule has 0 amide bonds. The van der Waals surface area contributed by atoms with Crippen molar-refractivity contribution in [1.29, 1.82) is 0 Å². The van der Waals surface area contributed by atoms with Crippen LogP contribution in [0.25, 0.3) is 10.2 Å². The molecule has 2 aromatic rings. The van der Waals surface area contributed by atoms with Gasteiger partial charge >= 0.3 is 0 Å². The lowest BCUT2D eigenvalue weighted by molar-refractivity contribution is 1.23. The highest BCUT2D eigenvalue weighted by atomic mass is 35.5. The maximum absolute atomic E-state index is 5.61. The molecule has 0 aliphatic heterocycles. The molecule has 2 heterocycles. The predicted octanol–water partition coefficient (Wildman–Crippen LogP) is 2.65. The van der Waals surface area contributed by atoms with Crippen LogP contribution >= 0.6 is 22.9 Å². The minimum absolute atomic E-state index is 0.319. The number of thiophene rings is 1. The molecule has 0 aliphatic carbocycles. The fourth-order valence-electron chi connectivity index (χ4n) is 0.937. The number of hydrogen-bond acceptors (Lipinski definition) is 3. The van der Waals surface area contributed by atoms with Crippen molar-refractivity contribution in [3.63, 3.8) is 0 Å². The van der Waals surface area contributed by atoms with Crippen LogP contribution in [-0.4, -0.2) is 9.97 Å². The van der Waals surface area contributed by atoms with Gasteiger partial charge in [0.15, 0.2) is 0 Å². The van der Waals surface area contributed by atoms with Gasteiger partial charge in [-0.3, -0.25) is 0 Å². The highest BCUT2D eigenvalue weighted by Gasteiger charge is 1.99. The van der Waals surface area contributed by atoms with Gasteiger partial charge in [0, 0.05) is 16.5 Å². The Balaban J connectivity index is 2.82. The van der Waals surface area contributed by atoms with Crippen molar-refractivity contribution in [2.75, 3.05) is 0 Å². The normalized spacial score (nSPS) is 10.7. The lowest BCUT2D eigenvalue weighted by Crippen LogP contribution is -1.77. The van der Waals surface area contributed by atoms with Gasteiger partial charge < -0.3 is 0 Å². The minimum Gasteiger partial charge on any atom is -0.226 e. The monoisotopic (exact) mass is 184 g/mol. The molecule has 2 rings (SSSR count). The Bertz CT molecular complexity index is 396. The Kier molecular flexibility index (Phi) is 1.55. The number of rotatable bonds is 0. The van der Waals surface area contributed by atoms with Crippen molar-refractivity contribution in [3.8, 4) is 0 Å². The summed E-state index contributed by atoms with van der Waals surface area (Å²) in [6.07, 6.45) is 1.74. The molecule has 0 radical (unpaired) electrons. The van der Waals surface area contributed by atoms with E-state index in [4.69, 9.17) is 11.6 Å². The van der Waals surface area contributed by atoms with Crippen LogP contribution in [0.4, 0.5) is 0 Å². The molecule has 0 N–H and O–H groups in total. The Labute approximate surface area is 72.9 Å². The average molecular weight is 185 g/mol. The van der Waals surface area contributed by atoms with Crippen LogP contribution in [0.2, 0.25) is 5.28 Å². The fraction of sp³-hybridized carbons (Fsp3) is 0.143. The van der Waals surface area contributed by atoms with Crippen molar-refractivity contribution < 1.29 is 0 Å². The lowest BCUT2D eigenvalue weighted by atomic mass is 10.4. The van der Waals surface area contributed by atoms with Crippen LogP contribution in [0, 0.1) is 6.92 Å². The fourth-order valence-corrected chi connectivity index (χ4v) is 1.97. The molecule has 4 heteroatoms. The molecule has 2 aromatic heterocycles. The molecule has 0 fully saturated rings. The summed E-state index contributed by atoms with van der Waals surface area (Å²) in [7, 11) is 0. The van der Waals surface area contributed by atoms with E-state index in [1.165, 1.54) is 4.88 Å². The van der Waals surface area contributed by atoms with E-state index in [2.05, 4.69) is 16.0 Å². The highest BCUT2D eigenvalue weighted by molar-refractivity contribution is 7.18. The van der Waals surface area contributed by atoms with E-state index in [9.17, 15) is 0 Å². The second kappa shape index (κ2) is 2.43. The van der Waals surface area contributed by atoms with Crippen molar-refractivity contribution >= 4 is 33.2 Å². The zero-order valence-electron chi connectivity index (χ0n) is 5.84. The number of aromatic nitrogens is 2. The molecule has 0 spiro atoms. The summed E-state index contributed by atoms with van der Waals surface area (Å²) in [4.78, 5) is 10.1. The second-order valence-electron chi connectivity index (χ2n) is 2.26. The van der Waals surface area contributed by atoms with Gasteiger partial charge in [0.2, 0.25) is 5.28 Å². The predicted molar refractivity (Wildman–Crippen MR) is 47.2 cm³/mol. The SMILES string of the molecule is Cc1cc2cnc(Cl)nc2s1. The number of aryl methyl sites for hydroxylation is 1. The Morgan fingerprint density at radius 1 is 1.55 bits per heavy atom. The van der Waals surface area contributed by atoms with E-state index in [0.29, 0.717) is 5.28 Å². The van der Waals surface area contributed by atoms with Crippen LogP contribution < -0.4 is 0 Å². The van der Waals surface area contributed by atoms with Crippen LogP contribution in [0.15, 0.2) is 12.3 Å². The molecule has 0 aliphatic rings. The van der Waals surface area contributed by atoms with E-state index < -0.39 is 0 Å².